The maximum absolute atomic E-state index is 5.88. The second kappa shape index (κ2) is 11.9. The molecule has 0 aliphatic rings. The van der Waals surface area contributed by atoms with Crippen molar-refractivity contribution in [2.45, 2.75) is 32.6 Å². The molecule has 0 saturated carbocycles. The summed E-state index contributed by atoms with van der Waals surface area (Å²) in [4.78, 5) is 2.23. The maximum atomic E-state index is 5.88. The van der Waals surface area contributed by atoms with Gasteiger partial charge in [0.05, 0.1) is 0 Å². The minimum atomic E-state index is 0. The van der Waals surface area contributed by atoms with E-state index in [0.29, 0.717) is 0 Å². The molecular formula is C18H27Cl2N. The fraction of sp³-hybridized carbons (Fsp3) is 0.444. The van der Waals surface area contributed by atoms with Gasteiger partial charge in [-0.05, 0) is 44.6 Å². The van der Waals surface area contributed by atoms with Crippen LogP contribution < -0.4 is 0 Å². The largest absolute Gasteiger partial charge is 0.305 e. The molecule has 0 heterocycles. The van der Waals surface area contributed by atoms with Crippen molar-refractivity contribution in [3.05, 3.63) is 52.6 Å². The van der Waals surface area contributed by atoms with Crippen LogP contribution in [-0.2, 0) is 0 Å². The van der Waals surface area contributed by atoms with Crippen molar-refractivity contribution >= 4 is 30.1 Å². The standard InChI is InChI=1S/C18H26ClN.ClH/c1-4-5-6-8-17(15-20(2)3)10-7-9-16-11-13-18(19)14-12-16;/h7,9-14H,4-6,8,15H2,1-3H3;1H/b9-7+,17-10-;. The Bertz CT molecular complexity index is 433. The van der Waals surface area contributed by atoms with Gasteiger partial charge in [-0.25, -0.2) is 0 Å². The molecule has 0 aliphatic carbocycles. The quantitative estimate of drug-likeness (QED) is 0.428. The normalized spacial score (nSPS) is 12.0. The van der Waals surface area contributed by atoms with Gasteiger partial charge in [-0.3, -0.25) is 0 Å². The molecule has 21 heavy (non-hydrogen) atoms. The number of likely N-dealkylation sites (N-methyl/N-ethyl adjacent to an activating group) is 1. The van der Waals surface area contributed by atoms with E-state index in [1.807, 2.05) is 24.3 Å². The fourth-order valence-electron chi connectivity index (χ4n) is 2.09. The summed E-state index contributed by atoms with van der Waals surface area (Å²) >= 11 is 5.88. The van der Waals surface area contributed by atoms with Crippen LogP contribution in [0.4, 0.5) is 0 Å². The molecular weight excluding hydrogens is 301 g/mol. The third-order valence-electron chi connectivity index (χ3n) is 3.11. The maximum Gasteiger partial charge on any atom is 0.0406 e. The Morgan fingerprint density at radius 3 is 2.38 bits per heavy atom. The van der Waals surface area contributed by atoms with Crippen molar-refractivity contribution in [1.29, 1.82) is 0 Å². The van der Waals surface area contributed by atoms with Crippen molar-refractivity contribution in [1.82, 2.24) is 4.90 Å². The number of benzene rings is 1. The van der Waals surface area contributed by atoms with Crippen LogP contribution >= 0.6 is 24.0 Å². The van der Waals surface area contributed by atoms with Gasteiger partial charge < -0.3 is 4.90 Å². The highest BCUT2D eigenvalue weighted by Gasteiger charge is 1.98. The summed E-state index contributed by atoms with van der Waals surface area (Å²) in [5.41, 5.74) is 2.68. The van der Waals surface area contributed by atoms with Crippen molar-refractivity contribution in [2.75, 3.05) is 20.6 Å². The molecule has 0 aliphatic heterocycles. The van der Waals surface area contributed by atoms with Crippen molar-refractivity contribution in [3.63, 3.8) is 0 Å². The SMILES string of the molecule is CCCCC/C(=C/C=C/c1ccc(Cl)cc1)CN(C)C.Cl. The molecule has 1 aromatic rings. The molecule has 0 aromatic heterocycles. The van der Waals surface area contributed by atoms with Crippen molar-refractivity contribution in [2.24, 2.45) is 0 Å². The van der Waals surface area contributed by atoms with E-state index in [0.717, 1.165) is 11.6 Å². The van der Waals surface area contributed by atoms with Crippen LogP contribution in [0.3, 0.4) is 0 Å². The van der Waals surface area contributed by atoms with Crippen LogP contribution in [0.1, 0.15) is 38.2 Å². The molecule has 0 atom stereocenters. The van der Waals surface area contributed by atoms with E-state index in [4.69, 9.17) is 11.6 Å². The monoisotopic (exact) mass is 327 g/mol. The minimum absolute atomic E-state index is 0. The average molecular weight is 328 g/mol. The average Bonchev–Trinajstić information content (AvgIpc) is 2.40. The summed E-state index contributed by atoms with van der Waals surface area (Å²) < 4.78 is 0. The van der Waals surface area contributed by atoms with E-state index >= 15 is 0 Å². The van der Waals surface area contributed by atoms with Gasteiger partial charge >= 0.3 is 0 Å². The number of nitrogens with zero attached hydrogens (tertiary/aromatic N) is 1. The van der Waals surface area contributed by atoms with E-state index in [-0.39, 0.29) is 12.4 Å². The Morgan fingerprint density at radius 2 is 1.81 bits per heavy atom. The van der Waals surface area contributed by atoms with E-state index in [9.17, 15) is 0 Å². The van der Waals surface area contributed by atoms with Gasteiger partial charge in [-0.15, -0.1) is 12.4 Å². The zero-order chi connectivity index (χ0) is 14.8. The molecule has 0 bridgehead atoms. The molecule has 1 rings (SSSR count). The highest BCUT2D eigenvalue weighted by Crippen LogP contribution is 2.13. The van der Waals surface area contributed by atoms with E-state index in [1.54, 1.807) is 0 Å². The van der Waals surface area contributed by atoms with Crippen molar-refractivity contribution < 1.29 is 0 Å². The summed E-state index contributed by atoms with van der Waals surface area (Å²) in [6.07, 6.45) is 11.6. The Morgan fingerprint density at radius 1 is 1.14 bits per heavy atom. The molecule has 0 fully saturated rings. The van der Waals surface area contributed by atoms with E-state index in [1.165, 1.54) is 36.8 Å². The van der Waals surface area contributed by atoms with Crippen LogP contribution in [0.5, 0.6) is 0 Å². The van der Waals surface area contributed by atoms with Crippen LogP contribution in [-0.4, -0.2) is 25.5 Å². The van der Waals surface area contributed by atoms with Gasteiger partial charge in [0.1, 0.15) is 0 Å². The number of hydrogen-bond acceptors (Lipinski definition) is 1. The number of rotatable bonds is 8. The highest BCUT2D eigenvalue weighted by molar-refractivity contribution is 6.30. The molecule has 0 saturated heterocycles. The van der Waals surface area contributed by atoms with Gasteiger partial charge in [-0.1, -0.05) is 67.3 Å². The van der Waals surface area contributed by atoms with Gasteiger partial charge in [0.15, 0.2) is 0 Å². The van der Waals surface area contributed by atoms with Crippen LogP contribution in [0.2, 0.25) is 5.02 Å². The highest BCUT2D eigenvalue weighted by atomic mass is 35.5. The first-order valence-corrected chi connectivity index (χ1v) is 7.76. The lowest BCUT2D eigenvalue weighted by Crippen LogP contribution is -2.15. The number of allylic oxidation sites excluding steroid dienone is 2. The summed E-state index contributed by atoms with van der Waals surface area (Å²) in [7, 11) is 4.24. The van der Waals surface area contributed by atoms with Crippen molar-refractivity contribution in [3.8, 4) is 0 Å². The van der Waals surface area contributed by atoms with Gasteiger partial charge in [0.2, 0.25) is 0 Å². The lowest BCUT2D eigenvalue weighted by Gasteiger charge is -2.12. The molecule has 0 spiro atoms. The zero-order valence-electron chi connectivity index (χ0n) is 13.3. The van der Waals surface area contributed by atoms with E-state index in [2.05, 4.69) is 44.1 Å². The zero-order valence-corrected chi connectivity index (χ0v) is 14.9. The Labute approximate surface area is 141 Å². The van der Waals surface area contributed by atoms with Crippen LogP contribution in [0.25, 0.3) is 6.08 Å². The number of halogens is 2. The lowest BCUT2D eigenvalue weighted by atomic mass is 10.1. The molecule has 0 unspecified atom stereocenters. The molecule has 0 amide bonds. The Kier molecular flexibility index (Phi) is 11.4. The van der Waals surface area contributed by atoms with Gasteiger partial charge in [-0.2, -0.15) is 0 Å². The summed E-state index contributed by atoms with van der Waals surface area (Å²) in [5.74, 6) is 0. The summed E-state index contributed by atoms with van der Waals surface area (Å²) in [6, 6.07) is 7.92. The van der Waals surface area contributed by atoms with Gasteiger partial charge in [0.25, 0.3) is 0 Å². The van der Waals surface area contributed by atoms with Gasteiger partial charge in [0, 0.05) is 11.6 Å². The predicted octanol–water partition coefficient (Wildman–Crippen LogP) is 5.84. The topological polar surface area (TPSA) is 3.24 Å². The smallest absolute Gasteiger partial charge is 0.0406 e. The Balaban J connectivity index is 0.00000400. The molecule has 0 N–H and O–H groups in total. The molecule has 0 radical (unpaired) electrons. The fourth-order valence-corrected chi connectivity index (χ4v) is 2.22. The molecule has 118 valence electrons. The van der Waals surface area contributed by atoms with E-state index < -0.39 is 0 Å². The number of hydrogen-bond donors (Lipinski definition) is 0. The first-order chi connectivity index (χ1) is 9.61. The second-order valence-corrected chi connectivity index (χ2v) is 5.87. The molecule has 3 heteroatoms. The summed E-state index contributed by atoms with van der Waals surface area (Å²) in [6.45, 7) is 3.28. The first kappa shape index (κ1) is 20.2. The summed E-state index contributed by atoms with van der Waals surface area (Å²) in [5, 5.41) is 0.783. The molecule has 1 nitrogen and oxygen atoms in total. The van der Waals surface area contributed by atoms with Crippen LogP contribution in [0, 0.1) is 0 Å². The third-order valence-corrected chi connectivity index (χ3v) is 3.36. The minimum Gasteiger partial charge on any atom is -0.305 e. The molecule has 1 aromatic carbocycles. The van der Waals surface area contributed by atoms with Crippen LogP contribution in [0.15, 0.2) is 42.0 Å². The second-order valence-electron chi connectivity index (χ2n) is 5.43. The lowest BCUT2D eigenvalue weighted by molar-refractivity contribution is 0.437. The number of unbranched alkanes of at least 4 members (excludes halogenated alkanes) is 2. The Hall–Kier alpha value is -0.760. The third kappa shape index (κ3) is 9.73. The predicted molar refractivity (Wildman–Crippen MR) is 98.5 cm³/mol. The first-order valence-electron chi connectivity index (χ1n) is 7.38.